The average Bonchev–Trinajstić information content (AvgIpc) is 2.74. The van der Waals surface area contributed by atoms with Crippen molar-refractivity contribution in [2.24, 2.45) is 5.73 Å². The van der Waals surface area contributed by atoms with E-state index in [9.17, 15) is 9.59 Å². The number of nitrogens with two attached hydrogens (primary N) is 1. The van der Waals surface area contributed by atoms with E-state index in [1.165, 1.54) is 0 Å². The first-order valence-corrected chi connectivity index (χ1v) is 9.06. The zero-order valence-corrected chi connectivity index (χ0v) is 15.5. The molecule has 0 unspecified atom stereocenters. The number of carbonyl (C=O) groups excluding carboxylic acids is 2. The van der Waals surface area contributed by atoms with Crippen molar-refractivity contribution in [1.82, 2.24) is 4.90 Å². The summed E-state index contributed by atoms with van der Waals surface area (Å²) < 4.78 is 5.84. The molecule has 3 rings (SSSR count). The minimum Gasteiger partial charge on any atom is -0.488 e. The molecule has 0 radical (unpaired) electrons. The van der Waals surface area contributed by atoms with Gasteiger partial charge >= 0.3 is 6.03 Å². The molecule has 0 saturated carbocycles. The summed E-state index contributed by atoms with van der Waals surface area (Å²) in [4.78, 5) is 26.0. The van der Waals surface area contributed by atoms with Gasteiger partial charge in [0.15, 0.2) is 0 Å². The Morgan fingerprint density at radius 3 is 2.00 bits per heavy atom. The molecule has 2 N–H and O–H groups in total. The Balaban J connectivity index is 1.74. The first-order chi connectivity index (χ1) is 13.6. The first-order valence-electron chi connectivity index (χ1n) is 9.06. The van der Waals surface area contributed by atoms with E-state index in [4.69, 9.17) is 10.5 Å². The summed E-state index contributed by atoms with van der Waals surface area (Å²) in [5, 5.41) is 0. The van der Waals surface area contributed by atoms with E-state index in [1.807, 2.05) is 60.7 Å². The van der Waals surface area contributed by atoms with Gasteiger partial charge in [0.25, 0.3) is 5.91 Å². The number of ether oxygens (including phenoxy) is 1. The Hall–Kier alpha value is -3.60. The zero-order chi connectivity index (χ0) is 19.8. The van der Waals surface area contributed by atoms with Crippen LogP contribution >= 0.6 is 0 Å². The fourth-order valence-corrected chi connectivity index (χ4v) is 2.85. The molecule has 3 aromatic carbocycles. The van der Waals surface area contributed by atoms with E-state index in [1.54, 1.807) is 24.3 Å². The molecule has 0 aliphatic carbocycles. The number of rotatable bonds is 7. The third-order valence-electron chi connectivity index (χ3n) is 4.33. The number of hydrogen-bond acceptors (Lipinski definition) is 3. The summed E-state index contributed by atoms with van der Waals surface area (Å²) in [5.74, 6) is -0.0468. The Morgan fingerprint density at radius 2 is 1.36 bits per heavy atom. The highest BCUT2D eigenvalue weighted by Crippen LogP contribution is 2.21. The van der Waals surface area contributed by atoms with Gasteiger partial charge in [-0.3, -0.25) is 9.69 Å². The maximum atomic E-state index is 13.0. The predicted molar refractivity (Wildman–Crippen MR) is 108 cm³/mol. The van der Waals surface area contributed by atoms with Crippen LogP contribution in [0, 0.1) is 0 Å². The van der Waals surface area contributed by atoms with Gasteiger partial charge in [0.2, 0.25) is 0 Å². The molecule has 0 fully saturated rings. The molecule has 0 aromatic heterocycles. The van der Waals surface area contributed by atoms with E-state index in [-0.39, 0.29) is 6.54 Å². The van der Waals surface area contributed by atoms with Crippen LogP contribution in [0.5, 0.6) is 5.75 Å². The molecule has 0 spiro atoms. The lowest BCUT2D eigenvalue weighted by atomic mass is 10.1. The van der Waals surface area contributed by atoms with Gasteiger partial charge in [0, 0.05) is 6.54 Å². The Labute approximate surface area is 164 Å². The second-order valence-electron chi connectivity index (χ2n) is 6.30. The van der Waals surface area contributed by atoms with Crippen molar-refractivity contribution in [2.45, 2.75) is 13.0 Å². The monoisotopic (exact) mass is 374 g/mol. The predicted octanol–water partition coefficient (Wildman–Crippen LogP) is 4.03. The summed E-state index contributed by atoms with van der Waals surface area (Å²) in [5.41, 5.74) is 7.80. The number of imide groups is 1. The number of amides is 3. The zero-order valence-electron chi connectivity index (χ0n) is 15.5. The SMILES string of the molecule is NC(=O)N(CCc1ccccc1)C(=O)c1ccccc1OCc1ccccc1. The van der Waals surface area contributed by atoms with Crippen LogP contribution in [-0.2, 0) is 13.0 Å². The maximum absolute atomic E-state index is 13.0. The molecule has 3 amide bonds. The van der Waals surface area contributed by atoms with E-state index < -0.39 is 11.9 Å². The van der Waals surface area contributed by atoms with E-state index in [2.05, 4.69) is 0 Å². The van der Waals surface area contributed by atoms with Gasteiger partial charge in [-0.15, -0.1) is 0 Å². The highest BCUT2D eigenvalue weighted by Gasteiger charge is 2.23. The second kappa shape index (κ2) is 9.37. The molecule has 0 bridgehead atoms. The van der Waals surface area contributed by atoms with Crippen molar-refractivity contribution in [3.63, 3.8) is 0 Å². The van der Waals surface area contributed by atoms with Crippen LogP contribution in [-0.4, -0.2) is 23.4 Å². The molecular weight excluding hydrogens is 352 g/mol. The average molecular weight is 374 g/mol. The molecule has 0 aliphatic heterocycles. The minimum atomic E-state index is -0.779. The summed E-state index contributed by atoms with van der Waals surface area (Å²) in [6.45, 7) is 0.525. The van der Waals surface area contributed by atoms with Crippen LogP contribution in [0.3, 0.4) is 0 Å². The highest BCUT2D eigenvalue weighted by atomic mass is 16.5. The summed E-state index contributed by atoms with van der Waals surface area (Å²) in [6.07, 6.45) is 0.530. The third kappa shape index (κ3) is 4.98. The summed E-state index contributed by atoms with van der Waals surface area (Å²) in [7, 11) is 0. The van der Waals surface area contributed by atoms with Gasteiger partial charge < -0.3 is 10.5 Å². The van der Waals surface area contributed by atoms with Crippen molar-refractivity contribution >= 4 is 11.9 Å². The standard InChI is InChI=1S/C23H22N2O3/c24-23(27)25(16-15-18-9-3-1-4-10-18)22(26)20-13-7-8-14-21(20)28-17-19-11-5-2-6-12-19/h1-14H,15-17H2,(H2,24,27). The fraction of sp³-hybridized carbons (Fsp3) is 0.130. The molecule has 0 heterocycles. The molecule has 3 aromatic rings. The first kappa shape index (κ1) is 19.2. The van der Waals surface area contributed by atoms with Gasteiger partial charge in [-0.25, -0.2) is 4.79 Å². The summed E-state index contributed by atoms with van der Waals surface area (Å²) >= 11 is 0. The molecule has 0 atom stereocenters. The summed E-state index contributed by atoms with van der Waals surface area (Å²) in [6, 6.07) is 25.4. The number of benzene rings is 3. The van der Waals surface area contributed by atoms with Gasteiger partial charge in [-0.2, -0.15) is 0 Å². The largest absolute Gasteiger partial charge is 0.488 e. The van der Waals surface area contributed by atoms with Gasteiger partial charge in [0.05, 0.1) is 5.56 Å². The van der Waals surface area contributed by atoms with Crippen molar-refractivity contribution in [3.8, 4) is 5.75 Å². The normalized spacial score (nSPS) is 10.3. The molecule has 5 nitrogen and oxygen atoms in total. The Morgan fingerprint density at radius 1 is 0.786 bits per heavy atom. The Bertz CT molecular complexity index is 927. The molecule has 0 aliphatic rings. The molecule has 28 heavy (non-hydrogen) atoms. The van der Waals surface area contributed by atoms with Gasteiger partial charge in [-0.1, -0.05) is 72.8 Å². The topological polar surface area (TPSA) is 72.6 Å². The molecule has 0 saturated heterocycles. The molecule has 142 valence electrons. The van der Waals surface area contributed by atoms with Crippen LogP contribution in [0.25, 0.3) is 0 Å². The van der Waals surface area contributed by atoms with Crippen molar-refractivity contribution in [2.75, 3.05) is 6.54 Å². The quantitative estimate of drug-likeness (QED) is 0.679. The molecular formula is C23H22N2O3. The van der Waals surface area contributed by atoms with Crippen LogP contribution in [0.1, 0.15) is 21.5 Å². The van der Waals surface area contributed by atoms with E-state index in [0.29, 0.717) is 24.3 Å². The van der Waals surface area contributed by atoms with Crippen LogP contribution in [0.15, 0.2) is 84.9 Å². The Kier molecular flexibility index (Phi) is 6.41. The third-order valence-corrected chi connectivity index (χ3v) is 4.33. The van der Waals surface area contributed by atoms with Gasteiger partial charge in [-0.05, 0) is 29.7 Å². The number of urea groups is 1. The lowest BCUT2D eigenvalue weighted by Gasteiger charge is -2.20. The number of nitrogens with zero attached hydrogens (tertiary/aromatic N) is 1. The van der Waals surface area contributed by atoms with Crippen molar-refractivity contribution < 1.29 is 14.3 Å². The van der Waals surface area contributed by atoms with E-state index >= 15 is 0 Å². The smallest absolute Gasteiger partial charge is 0.321 e. The highest BCUT2D eigenvalue weighted by molar-refractivity contribution is 6.05. The minimum absolute atomic E-state index is 0.200. The van der Waals surface area contributed by atoms with Crippen LogP contribution in [0.2, 0.25) is 0 Å². The maximum Gasteiger partial charge on any atom is 0.321 e. The number of primary amides is 1. The van der Waals surface area contributed by atoms with Crippen LogP contribution in [0.4, 0.5) is 4.79 Å². The van der Waals surface area contributed by atoms with Crippen molar-refractivity contribution in [1.29, 1.82) is 0 Å². The van der Waals surface area contributed by atoms with Gasteiger partial charge in [0.1, 0.15) is 12.4 Å². The number of hydrogen-bond donors (Lipinski definition) is 1. The fourth-order valence-electron chi connectivity index (χ4n) is 2.85. The van der Waals surface area contributed by atoms with Crippen LogP contribution < -0.4 is 10.5 Å². The number of carbonyl (C=O) groups is 2. The van der Waals surface area contributed by atoms with E-state index in [0.717, 1.165) is 16.0 Å². The number of para-hydroxylation sites is 1. The molecule has 5 heteroatoms. The van der Waals surface area contributed by atoms with Crippen molar-refractivity contribution in [3.05, 3.63) is 102 Å². The lowest BCUT2D eigenvalue weighted by Crippen LogP contribution is -2.42. The lowest BCUT2D eigenvalue weighted by molar-refractivity contribution is 0.0805. The second-order valence-corrected chi connectivity index (χ2v) is 6.30.